The fourth-order valence-electron chi connectivity index (χ4n) is 3.73. The van der Waals surface area contributed by atoms with Crippen molar-refractivity contribution in [3.05, 3.63) is 35.9 Å². The van der Waals surface area contributed by atoms with E-state index in [1.54, 1.807) is 6.92 Å². The Kier molecular flexibility index (Phi) is 6.30. The third-order valence-corrected chi connectivity index (χ3v) is 5.67. The Bertz CT molecular complexity index is 607. The van der Waals surface area contributed by atoms with Gasteiger partial charge in [-0.1, -0.05) is 30.3 Å². The Morgan fingerprint density at radius 3 is 2.38 bits per heavy atom. The van der Waals surface area contributed by atoms with Gasteiger partial charge in [-0.25, -0.2) is 0 Å². The zero-order valence-electron chi connectivity index (χ0n) is 16.0. The number of nitrogens with zero attached hydrogens (tertiary/aromatic N) is 2. The van der Waals surface area contributed by atoms with Crippen LogP contribution in [0.25, 0.3) is 0 Å². The number of rotatable bonds is 7. The average molecular weight is 357 g/mol. The topological polar surface area (TPSA) is 52.7 Å². The van der Waals surface area contributed by atoms with Crippen LogP contribution in [0.15, 0.2) is 30.3 Å². The fraction of sp³-hybridized carbons (Fsp3) is 0.619. The molecule has 1 aromatic rings. The van der Waals surface area contributed by atoms with E-state index in [1.165, 1.54) is 18.4 Å². The normalized spacial score (nSPS) is 19.4. The van der Waals surface area contributed by atoms with Crippen molar-refractivity contribution in [3.8, 4) is 0 Å². The minimum atomic E-state index is 0.106. The molecule has 1 atom stereocenters. The van der Waals surface area contributed by atoms with Gasteiger partial charge >= 0.3 is 0 Å². The monoisotopic (exact) mass is 357 g/mol. The van der Waals surface area contributed by atoms with Gasteiger partial charge in [0.15, 0.2) is 0 Å². The SMILES string of the molecule is CC(=O)N1CCC(NC(=O)CN(CC2CC2)[C@H](C)c2ccccc2)CC1. The molecular formula is C21H31N3O2. The highest BCUT2D eigenvalue weighted by Crippen LogP contribution is 2.32. The maximum Gasteiger partial charge on any atom is 0.234 e. The summed E-state index contributed by atoms with van der Waals surface area (Å²) in [5.41, 5.74) is 1.26. The van der Waals surface area contributed by atoms with Crippen LogP contribution in [0.4, 0.5) is 0 Å². The molecule has 1 saturated carbocycles. The second-order valence-corrected chi connectivity index (χ2v) is 7.81. The lowest BCUT2D eigenvalue weighted by atomic mass is 10.0. The molecule has 5 heteroatoms. The molecule has 0 radical (unpaired) electrons. The summed E-state index contributed by atoms with van der Waals surface area (Å²) in [6.45, 7) is 6.72. The molecule has 0 bridgehead atoms. The largest absolute Gasteiger partial charge is 0.352 e. The molecule has 0 unspecified atom stereocenters. The van der Waals surface area contributed by atoms with Gasteiger partial charge in [0, 0.05) is 38.6 Å². The minimum absolute atomic E-state index is 0.106. The van der Waals surface area contributed by atoms with E-state index in [0.29, 0.717) is 6.54 Å². The standard InChI is InChI=1S/C21H31N3O2/c1-16(19-6-4-3-5-7-19)24(14-18-8-9-18)15-21(26)22-20-10-12-23(13-11-20)17(2)25/h3-7,16,18,20H,8-15H2,1-2H3,(H,22,26)/t16-/m1/s1. The molecule has 2 fully saturated rings. The number of hydrogen-bond donors (Lipinski definition) is 1. The molecule has 142 valence electrons. The van der Waals surface area contributed by atoms with Crippen LogP contribution < -0.4 is 5.32 Å². The highest BCUT2D eigenvalue weighted by atomic mass is 16.2. The smallest absolute Gasteiger partial charge is 0.234 e. The van der Waals surface area contributed by atoms with Crippen LogP contribution in [0, 0.1) is 5.92 Å². The van der Waals surface area contributed by atoms with E-state index < -0.39 is 0 Å². The maximum atomic E-state index is 12.6. The molecule has 1 aliphatic carbocycles. The first-order valence-corrected chi connectivity index (χ1v) is 9.87. The Morgan fingerprint density at radius 1 is 1.15 bits per heavy atom. The van der Waals surface area contributed by atoms with Gasteiger partial charge in [-0.3, -0.25) is 14.5 Å². The van der Waals surface area contributed by atoms with Crippen molar-refractivity contribution in [3.63, 3.8) is 0 Å². The van der Waals surface area contributed by atoms with Crippen molar-refractivity contribution in [2.24, 2.45) is 5.92 Å². The maximum absolute atomic E-state index is 12.6. The molecule has 1 heterocycles. The predicted molar refractivity (Wildman–Crippen MR) is 103 cm³/mol. The summed E-state index contributed by atoms with van der Waals surface area (Å²) in [5, 5.41) is 3.19. The van der Waals surface area contributed by atoms with E-state index in [0.717, 1.165) is 38.4 Å². The highest BCUT2D eigenvalue weighted by molar-refractivity contribution is 5.78. The molecule has 26 heavy (non-hydrogen) atoms. The number of nitrogens with one attached hydrogen (secondary N) is 1. The first-order valence-electron chi connectivity index (χ1n) is 9.87. The number of carbonyl (C=O) groups is 2. The van der Waals surface area contributed by atoms with Crippen LogP contribution in [-0.4, -0.2) is 53.8 Å². The number of benzene rings is 1. The molecule has 3 rings (SSSR count). The number of piperidine rings is 1. The second-order valence-electron chi connectivity index (χ2n) is 7.81. The summed E-state index contributed by atoms with van der Waals surface area (Å²) in [5.74, 6) is 0.976. The van der Waals surface area contributed by atoms with Gasteiger partial charge < -0.3 is 10.2 Å². The van der Waals surface area contributed by atoms with Gasteiger partial charge in [-0.15, -0.1) is 0 Å². The Morgan fingerprint density at radius 2 is 1.81 bits per heavy atom. The molecule has 1 aromatic carbocycles. The number of hydrogen-bond acceptors (Lipinski definition) is 3. The third-order valence-electron chi connectivity index (χ3n) is 5.67. The lowest BCUT2D eigenvalue weighted by molar-refractivity contribution is -0.130. The van der Waals surface area contributed by atoms with Crippen LogP contribution in [0.5, 0.6) is 0 Å². The third kappa shape index (κ3) is 5.31. The van der Waals surface area contributed by atoms with Crippen molar-refractivity contribution in [2.75, 3.05) is 26.2 Å². The van der Waals surface area contributed by atoms with Crippen LogP contribution >= 0.6 is 0 Å². The van der Waals surface area contributed by atoms with Gasteiger partial charge in [0.1, 0.15) is 0 Å². The summed E-state index contributed by atoms with van der Waals surface area (Å²) >= 11 is 0. The fourth-order valence-corrected chi connectivity index (χ4v) is 3.73. The summed E-state index contributed by atoms with van der Waals surface area (Å²) in [4.78, 5) is 28.2. The van der Waals surface area contributed by atoms with E-state index in [4.69, 9.17) is 0 Å². The average Bonchev–Trinajstić information content (AvgIpc) is 3.46. The van der Waals surface area contributed by atoms with Gasteiger partial charge in [0.25, 0.3) is 0 Å². The van der Waals surface area contributed by atoms with Crippen molar-refractivity contribution in [2.45, 2.75) is 51.6 Å². The second kappa shape index (κ2) is 8.67. The molecule has 2 aliphatic rings. The minimum Gasteiger partial charge on any atom is -0.352 e. The van der Waals surface area contributed by atoms with E-state index >= 15 is 0 Å². The summed E-state index contributed by atoms with van der Waals surface area (Å²) in [6, 6.07) is 10.9. The Labute approximate surface area is 156 Å². The Balaban J connectivity index is 1.53. The Hall–Kier alpha value is -1.88. The predicted octanol–water partition coefficient (Wildman–Crippen LogP) is 2.59. The lowest BCUT2D eigenvalue weighted by Crippen LogP contribution is -2.48. The molecule has 0 spiro atoms. The van der Waals surface area contributed by atoms with E-state index in [-0.39, 0.29) is 23.9 Å². The summed E-state index contributed by atoms with van der Waals surface area (Å²) in [7, 11) is 0. The number of carbonyl (C=O) groups excluding carboxylic acids is 2. The molecule has 1 aliphatic heterocycles. The van der Waals surface area contributed by atoms with Crippen molar-refractivity contribution in [1.82, 2.24) is 15.1 Å². The highest BCUT2D eigenvalue weighted by Gasteiger charge is 2.29. The summed E-state index contributed by atoms with van der Waals surface area (Å²) in [6.07, 6.45) is 4.26. The van der Waals surface area contributed by atoms with Crippen LogP contribution in [-0.2, 0) is 9.59 Å². The first-order chi connectivity index (χ1) is 12.5. The molecular weight excluding hydrogens is 326 g/mol. The molecule has 1 N–H and O–H groups in total. The van der Waals surface area contributed by atoms with Crippen LogP contribution in [0.1, 0.15) is 51.1 Å². The van der Waals surface area contributed by atoms with Gasteiger partial charge in [0.05, 0.1) is 6.54 Å². The van der Waals surface area contributed by atoms with Gasteiger partial charge in [-0.2, -0.15) is 0 Å². The quantitative estimate of drug-likeness (QED) is 0.816. The molecule has 5 nitrogen and oxygen atoms in total. The molecule has 1 saturated heterocycles. The van der Waals surface area contributed by atoms with E-state index in [1.807, 2.05) is 11.0 Å². The number of likely N-dealkylation sites (tertiary alicyclic amines) is 1. The van der Waals surface area contributed by atoms with Crippen molar-refractivity contribution in [1.29, 1.82) is 0 Å². The van der Waals surface area contributed by atoms with E-state index in [9.17, 15) is 9.59 Å². The van der Waals surface area contributed by atoms with Gasteiger partial charge in [-0.05, 0) is 44.1 Å². The lowest BCUT2D eigenvalue weighted by Gasteiger charge is -2.33. The molecule has 0 aromatic heterocycles. The van der Waals surface area contributed by atoms with Crippen LogP contribution in [0.2, 0.25) is 0 Å². The molecule has 2 amide bonds. The summed E-state index contributed by atoms with van der Waals surface area (Å²) < 4.78 is 0. The van der Waals surface area contributed by atoms with Gasteiger partial charge in [0.2, 0.25) is 11.8 Å². The van der Waals surface area contributed by atoms with Crippen LogP contribution in [0.3, 0.4) is 0 Å². The van der Waals surface area contributed by atoms with E-state index in [2.05, 4.69) is 41.4 Å². The van der Waals surface area contributed by atoms with Crippen molar-refractivity contribution >= 4 is 11.8 Å². The van der Waals surface area contributed by atoms with Crippen molar-refractivity contribution < 1.29 is 9.59 Å². The zero-order valence-corrected chi connectivity index (χ0v) is 16.0. The number of amides is 2. The first kappa shape index (κ1) is 18.9. The zero-order chi connectivity index (χ0) is 18.5.